The van der Waals surface area contributed by atoms with E-state index in [2.05, 4.69) is 21.6 Å². The van der Waals surface area contributed by atoms with Gasteiger partial charge in [0.2, 0.25) is 11.8 Å². The normalized spacial score (nSPS) is 12.7. The number of carbonyl (C=O) groups excluding carboxylic acids is 1. The fourth-order valence-electron chi connectivity index (χ4n) is 3.60. The Morgan fingerprint density at radius 2 is 2.06 bits per heavy atom. The van der Waals surface area contributed by atoms with Gasteiger partial charge in [-0.05, 0) is 48.9 Å². The van der Waals surface area contributed by atoms with E-state index in [0.717, 1.165) is 36.8 Å². The smallest absolute Gasteiger partial charge is 0.277 e. The number of aromatic nitrogens is 2. The van der Waals surface area contributed by atoms with Crippen LogP contribution in [0.15, 0.2) is 27.8 Å². The summed E-state index contributed by atoms with van der Waals surface area (Å²) in [6.45, 7) is 0. The van der Waals surface area contributed by atoms with Crippen LogP contribution in [0.3, 0.4) is 0 Å². The molecule has 0 aliphatic heterocycles. The van der Waals surface area contributed by atoms with E-state index in [1.54, 1.807) is 14.2 Å². The fourth-order valence-corrected chi connectivity index (χ4v) is 5.43. The Balaban J connectivity index is 1.34. The van der Waals surface area contributed by atoms with E-state index in [1.807, 2.05) is 18.2 Å². The Kier molecular flexibility index (Phi) is 6.97. The summed E-state index contributed by atoms with van der Waals surface area (Å²) in [6.07, 6.45) is 4.54. The van der Waals surface area contributed by atoms with Crippen LogP contribution in [0.1, 0.15) is 40.3 Å². The number of nitrogens with one attached hydrogen (secondary N) is 1. The van der Waals surface area contributed by atoms with Crippen LogP contribution >= 0.6 is 23.1 Å². The first-order valence-corrected chi connectivity index (χ1v) is 11.9. The van der Waals surface area contributed by atoms with Crippen molar-refractivity contribution in [1.82, 2.24) is 10.2 Å². The first-order valence-electron chi connectivity index (χ1n) is 10.1. The molecule has 2 heterocycles. The predicted molar refractivity (Wildman–Crippen MR) is 122 cm³/mol. The van der Waals surface area contributed by atoms with Crippen LogP contribution in [0.4, 0.5) is 5.00 Å². The van der Waals surface area contributed by atoms with Gasteiger partial charge < -0.3 is 19.2 Å². The number of anilines is 1. The van der Waals surface area contributed by atoms with Crippen molar-refractivity contribution >= 4 is 34.0 Å². The topological polar surface area (TPSA) is 110 Å². The Morgan fingerprint density at radius 1 is 1.25 bits per heavy atom. The number of benzene rings is 1. The maximum absolute atomic E-state index is 12.4. The molecule has 0 atom stereocenters. The van der Waals surface area contributed by atoms with Gasteiger partial charge in [-0.3, -0.25) is 4.79 Å². The molecule has 2 aromatic heterocycles. The molecule has 1 aliphatic rings. The van der Waals surface area contributed by atoms with Crippen molar-refractivity contribution in [2.45, 2.75) is 37.3 Å². The molecule has 0 saturated carbocycles. The van der Waals surface area contributed by atoms with Gasteiger partial charge in [0.15, 0.2) is 11.5 Å². The molecule has 32 heavy (non-hydrogen) atoms. The van der Waals surface area contributed by atoms with Crippen LogP contribution < -0.4 is 14.8 Å². The summed E-state index contributed by atoms with van der Waals surface area (Å²) in [5.41, 5.74) is 2.65. The van der Waals surface area contributed by atoms with Gasteiger partial charge in [-0.25, -0.2) is 0 Å². The predicted octanol–water partition coefficient (Wildman–Crippen LogP) is 4.22. The van der Waals surface area contributed by atoms with E-state index in [1.165, 1.54) is 28.0 Å². The van der Waals surface area contributed by atoms with Crippen LogP contribution in [-0.2, 0) is 24.1 Å². The highest BCUT2D eigenvalue weighted by Gasteiger charge is 2.22. The maximum Gasteiger partial charge on any atom is 0.277 e. The number of thiophene rings is 1. The summed E-state index contributed by atoms with van der Waals surface area (Å²) < 4.78 is 16.2. The minimum absolute atomic E-state index is 0.116. The molecule has 1 amide bonds. The van der Waals surface area contributed by atoms with E-state index < -0.39 is 0 Å². The average Bonchev–Trinajstić information content (AvgIpc) is 3.40. The average molecular weight is 471 g/mol. The lowest BCUT2D eigenvalue weighted by Crippen LogP contribution is -2.14. The lowest BCUT2D eigenvalue weighted by Gasteiger charge is -2.09. The second-order valence-electron chi connectivity index (χ2n) is 7.19. The number of thioether (sulfide) groups is 1. The highest BCUT2D eigenvalue weighted by molar-refractivity contribution is 7.99. The van der Waals surface area contributed by atoms with Crippen molar-refractivity contribution in [3.05, 3.63) is 45.7 Å². The number of hydrogen-bond acceptors (Lipinski definition) is 9. The highest BCUT2D eigenvalue weighted by Crippen LogP contribution is 2.37. The molecule has 0 bridgehead atoms. The molecular weight excluding hydrogens is 448 g/mol. The zero-order chi connectivity index (χ0) is 22.5. The van der Waals surface area contributed by atoms with Crippen LogP contribution in [0.5, 0.6) is 11.5 Å². The van der Waals surface area contributed by atoms with E-state index in [0.29, 0.717) is 39.6 Å². The number of fused-ring (bicyclic) bond motifs is 1. The zero-order valence-corrected chi connectivity index (χ0v) is 19.4. The quantitative estimate of drug-likeness (QED) is 0.487. The van der Waals surface area contributed by atoms with Gasteiger partial charge in [0.05, 0.1) is 32.0 Å². The first-order chi connectivity index (χ1) is 15.6. The highest BCUT2D eigenvalue weighted by atomic mass is 32.2. The molecule has 4 rings (SSSR count). The first kappa shape index (κ1) is 22.2. The number of amides is 1. The minimum atomic E-state index is -0.204. The van der Waals surface area contributed by atoms with Crippen molar-refractivity contribution < 1.29 is 18.7 Å². The van der Waals surface area contributed by atoms with Crippen LogP contribution in [0.2, 0.25) is 0 Å². The largest absolute Gasteiger partial charge is 0.493 e. The van der Waals surface area contributed by atoms with Crippen LogP contribution in [-0.4, -0.2) is 36.1 Å². The molecule has 1 N–H and O–H groups in total. The van der Waals surface area contributed by atoms with Crippen molar-refractivity contribution in [3.63, 3.8) is 0 Å². The van der Waals surface area contributed by atoms with E-state index >= 15 is 0 Å². The van der Waals surface area contributed by atoms with Crippen LogP contribution in [0.25, 0.3) is 0 Å². The SMILES string of the molecule is COc1ccc(Cc2nnc(SCC(=O)Nc3sc4c(c3C#N)CCCC4)o2)cc1OC. The molecule has 1 aromatic carbocycles. The van der Waals surface area contributed by atoms with Crippen molar-refractivity contribution in [2.24, 2.45) is 0 Å². The number of aryl methyl sites for hydroxylation is 1. The summed E-state index contributed by atoms with van der Waals surface area (Å²) in [4.78, 5) is 13.7. The van der Waals surface area contributed by atoms with Gasteiger partial charge in [-0.2, -0.15) is 5.26 Å². The Hall–Kier alpha value is -3.03. The van der Waals surface area contributed by atoms with Crippen molar-refractivity contribution in [2.75, 3.05) is 25.3 Å². The van der Waals surface area contributed by atoms with E-state index in [-0.39, 0.29) is 11.7 Å². The molecule has 0 fully saturated rings. The summed E-state index contributed by atoms with van der Waals surface area (Å²) >= 11 is 2.68. The van der Waals surface area contributed by atoms with Crippen LogP contribution in [0, 0.1) is 11.3 Å². The third-order valence-corrected chi connectivity index (χ3v) is 7.14. The molecule has 0 saturated heterocycles. The van der Waals surface area contributed by atoms with Gasteiger partial charge in [-0.1, -0.05) is 17.8 Å². The summed E-state index contributed by atoms with van der Waals surface area (Å²) in [6, 6.07) is 7.84. The van der Waals surface area contributed by atoms with Crippen molar-refractivity contribution in [3.8, 4) is 17.6 Å². The molecule has 166 valence electrons. The Labute approximate surface area is 193 Å². The lowest BCUT2D eigenvalue weighted by molar-refractivity contribution is -0.113. The number of hydrogen-bond donors (Lipinski definition) is 1. The lowest BCUT2D eigenvalue weighted by atomic mass is 9.96. The minimum Gasteiger partial charge on any atom is -0.493 e. The third kappa shape index (κ3) is 4.89. The van der Waals surface area contributed by atoms with E-state index in [4.69, 9.17) is 13.9 Å². The monoisotopic (exact) mass is 470 g/mol. The van der Waals surface area contributed by atoms with Gasteiger partial charge in [0.1, 0.15) is 11.1 Å². The molecule has 0 spiro atoms. The maximum atomic E-state index is 12.4. The second-order valence-corrected chi connectivity index (χ2v) is 9.22. The fraction of sp³-hybridized carbons (Fsp3) is 0.364. The Morgan fingerprint density at radius 3 is 2.84 bits per heavy atom. The molecule has 0 radical (unpaired) electrons. The van der Waals surface area contributed by atoms with Gasteiger partial charge in [0.25, 0.3) is 5.22 Å². The van der Waals surface area contributed by atoms with Gasteiger partial charge in [0, 0.05) is 4.88 Å². The summed E-state index contributed by atoms with van der Waals surface area (Å²) in [5, 5.41) is 21.4. The standard InChI is InChI=1S/C22H22N4O4S2/c1-28-16-8-7-13(9-17(16)29-2)10-20-25-26-22(30-20)31-12-19(27)24-21-15(11-23)14-5-3-4-6-18(14)32-21/h7-9H,3-6,10,12H2,1-2H3,(H,24,27). The third-order valence-electron chi connectivity index (χ3n) is 5.11. The number of ether oxygens (including phenoxy) is 2. The molecular formula is C22H22N4O4S2. The molecule has 8 nitrogen and oxygen atoms in total. The number of carbonyl (C=O) groups is 1. The zero-order valence-electron chi connectivity index (χ0n) is 17.8. The van der Waals surface area contributed by atoms with E-state index in [9.17, 15) is 10.1 Å². The molecule has 10 heteroatoms. The number of methoxy groups -OCH3 is 2. The van der Waals surface area contributed by atoms with Crippen molar-refractivity contribution in [1.29, 1.82) is 5.26 Å². The van der Waals surface area contributed by atoms with Gasteiger partial charge in [-0.15, -0.1) is 21.5 Å². The number of rotatable bonds is 8. The molecule has 3 aromatic rings. The Bertz CT molecular complexity index is 1170. The number of nitriles is 1. The molecule has 0 unspecified atom stereocenters. The summed E-state index contributed by atoms with van der Waals surface area (Å²) in [5.74, 6) is 1.63. The number of nitrogens with zero attached hydrogens (tertiary/aromatic N) is 3. The van der Waals surface area contributed by atoms with Gasteiger partial charge >= 0.3 is 0 Å². The summed E-state index contributed by atoms with van der Waals surface area (Å²) in [7, 11) is 3.17. The molecule has 1 aliphatic carbocycles. The second kappa shape index (κ2) is 10.1.